The predicted molar refractivity (Wildman–Crippen MR) is 126 cm³/mol. The number of aromatic amines is 1. The second-order valence-electron chi connectivity index (χ2n) is 6.50. The van der Waals surface area contributed by atoms with Crippen molar-refractivity contribution in [1.29, 1.82) is 5.41 Å². The number of aromatic nitrogens is 2. The fourth-order valence-corrected chi connectivity index (χ4v) is 3.70. The summed E-state index contributed by atoms with van der Waals surface area (Å²) in [4.78, 5) is 24.0. The van der Waals surface area contributed by atoms with Crippen molar-refractivity contribution in [3.63, 3.8) is 0 Å². The largest absolute Gasteiger partial charge is 0.495 e. The van der Waals surface area contributed by atoms with Gasteiger partial charge in [0, 0.05) is 24.7 Å². The molecule has 0 aliphatic carbocycles. The van der Waals surface area contributed by atoms with Crippen LogP contribution in [0, 0.1) is 5.41 Å². The maximum absolute atomic E-state index is 12.6. The number of halogens is 3. The summed E-state index contributed by atoms with van der Waals surface area (Å²) in [6, 6.07) is 6.61. The second-order valence-corrected chi connectivity index (χ2v) is 7.72. The van der Waals surface area contributed by atoms with Gasteiger partial charge in [-0.15, -0.1) is 0 Å². The van der Waals surface area contributed by atoms with Crippen LogP contribution in [0.3, 0.4) is 0 Å². The number of H-pyrrole nitrogens is 1. The van der Waals surface area contributed by atoms with Gasteiger partial charge in [-0.2, -0.15) is 0 Å². The van der Waals surface area contributed by atoms with E-state index in [1.807, 2.05) is 0 Å². The van der Waals surface area contributed by atoms with Crippen LogP contribution in [0.4, 0.5) is 5.69 Å². The van der Waals surface area contributed by atoms with Crippen molar-refractivity contribution >= 4 is 69.6 Å². The summed E-state index contributed by atoms with van der Waals surface area (Å²) >= 11 is 18.6. The van der Waals surface area contributed by atoms with E-state index < -0.39 is 5.91 Å². The summed E-state index contributed by atoms with van der Waals surface area (Å²) in [6.07, 6.45) is 1.81. The number of methoxy groups -OCH3 is 1. The number of hydrogen-bond acceptors (Lipinski definition) is 4. The Morgan fingerprint density at radius 1 is 1.23 bits per heavy atom. The molecule has 31 heavy (non-hydrogen) atoms. The summed E-state index contributed by atoms with van der Waals surface area (Å²) < 4.78 is 5.20. The molecule has 162 valence electrons. The lowest BCUT2D eigenvalue weighted by Crippen LogP contribution is -2.26. The van der Waals surface area contributed by atoms with E-state index in [-0.39, 0.29) is 21.4 Å². The molecule has 0 saturated heterocycles. The van der Waals surface area contributed by atoms with Crippen molar-refractivity contribution in [3.8, 4) is 5.75 Å². The molecule has 3 aromatic rings. The molecule has 2 aromatic carbocycles. The molecule has 1 heterocycles. The third-order valence-electron chi connectivity index (χ3n) is 4.21. The molecular formula is C20H19Cl3N6O2. The van der Waals surface area contributed by atoms with E-state index in [2.05, 4.69) is 25.6 Å². The first kappa shape index (κ1) is 22.9. The Labute approximate surface area is 193 Å². The van der Waals surface area contributed by atoms with Crippen molar-refractivity contribution < 1.29 is 9.53 Å². The quantitative estimate of drug-likeness (QED) is 0.282. The molecule has 3 rings (SSSR count). The monoisotopic (exact) mass is 480 g/mol. The number of hydrogen-bond donors (Lipinski definition) is 4. The number of benzene rings is 2. The topological polar surface area (TPSA) is 115 Å². The highest BCUT2D eigenvalue weighted by Crippen LogP contribution is 2.30. The molecule has 8 nitrogen and oxygen atoms in total. The van der Waals surface area contributed by atoms with Crippen LogP contribution in [0.2, 0.25) is 15.1 Å². The van der Waals surface area contributed by atoms with Gasteiger partial charge in [0.25, 0.3) is 5.91 Å². The first-order valence-corrected chi connectivity index (χ1v) is 10.3. The van der Waals surface area contributed by atoms with Crippen LogP contribution < -0.4 is 15.4 Å². The Morgan fingerprint density at radius 3 is 2.58 bits per heavy atom. The average Bonchev–Trinajstić information content (AvgIpc) is 3.07. The first-order valence-electron chi connectivity index (χ1n) is 9.12. The molecule has 0 saturated carbocycles. The predicted octanol–water partition coefficient (Wildman–Crippen LogP) is 4.94. The molecule has 0 unspecified atom stereocenters. The fraction of sp³-hybridized carbons (Fsp3) is 0.200. The number of anilines is 1. The fourth-order valence-electron chi connectivity index (χ4n) is 2.80. The zero-order valence-corrected chi connectivity index (χ0v) is 18.9. The number of nitrogens with one attached hydrogen (secondary N) is 4. The molecule has 11 heteroatoms. The van der Waals surface area contributed by atoms with E-state index in [0.29, 0.717) is 35.2 Å². The van der Waals surface area contributed by atoms with Crippen molar-refractivity contribution in [2.75, 3.05) is 19.0 Å². The summed E-state index contributed by atoms with van der Waals surface area (Å²) in [5, 5.41) is 13.8. The Morgan fingerprint density at radius 2 is 1.94 bits per heavy atom. The lowest BCUT2D eigenvalue weighted by atomic mass is 10.2. The molecule has 0 aliphatic rings. The Balaban J connectivity index is 1.64. The molecule has 1 aromatic heterocycles. The smallest absolute Gasteiger partial charge is 0.254 e. The number of nitrogens with zero attached hydrogens (tertiary/aromatic N) is 2. The van der Waals surface area contributed by atoms with Gasteiger partial charge in [-0.05, 0) is 25.1 Å². The Hall–Kier alpha value is -2.81. The standard InChI is InChI=1S/C20H19Cl3N6O2/c1-10(24)26-9-27-11-5-13(22)19(14(23)6-11)20(30)25-4-3-18-28-15-7-12(21)17(31-2)8-16(15)29-18/h5-9H,3-4H2,1-2H3,(H,25,30)(H,28,29)(H2,24,26,27). The molecule has 4 N–H and O–H groups in total. The van der Waals surface area contributed by atoms with Gasteiger partial charge in [0.05, 0.1) is 45.1 Å². The molecule has 0 atom stereocenters. The minimum atomic E-state index is -0.397. The highest BCUT2D eigenvalue weighted by Gasteiger charge is 2.16. The normalized spacial score (nSPS) is 11.1. The van der Waals surface area contributed by atoms with Crippen LogP contribution in [-0.4, -0.2) is 41.7 Å². The average molecular weight is 482 g/mol. The van der Waals surface area contributed by atoms with Crippen molar-refractivity contribution in [2.24, 2.45) is 4.99 Å². The molecule has 0 aliphatic heterocycles. The zero-order chi connectivity index (χ0) is 22.5. The number of imidazole rings is 1. The van der Waals surface area contributed by atoms with Crippen molar-refractivity contribution in [2.45, 2.75) is 13.3 Å². The lowest BCUT2D eigenvalue weighted by Gasteiger charge is -2.10. The molecule has 0 radical (unpaired) electrons. The maximum Gasteiger partial charge on any atom is 0.254 e. The summed E-state index contributed by atoms with van der Waals surface area (Å²) in [5.74, 6) is 0.984. The van der Waals surface area contributed by atoms with E-state index in [1.165, 1.54) is 6.34 Å². The molecule has 1 amide bonds. The first-order chi connectivity index (χ1) is 14.8. The lowest BCUT2D eigenvalue weighted by molar-refractivity contribution is 0.0954. The van der Waals surface area contributed by atoms with Crippen LogP contribution in [0.5, 0.6) is 5.75 Å². The van der Waals surface area contributed by atoms with Crippen LogP contribution in [0.15, 0.2) is 29.3 Å². The van der Waals surface area contributed by atoms with E-state index in [9.17, 15) is 4.79 Å². The summed E-state index contributed by atoms with van der Waals surface area (Å²) in [5.41, 5.74) is 2.23. The Kier molecular flexibility index (Phi) is 7.37. The number of rotatable bonds is 7. The van der Waals surface area contributed by atoms with Crippen molar-refractivity contribution in [1.82, 2.24) is 15.3 Å². The van der Waals surface area contributed by atoms with E-state index in [0.717, 1.165) is 11.0 Å². The minimum Gasteiger partial charge on any atom is -0.495 e. The van der Waals surface area contributed by atoms with E-state index in [1.54, 1.807) is 38.3 Å². The van der Waals surface area contributed by atoms with Crippen LogP contribution >= 0.6 is 34.8 Å². The van der Waals surface area contributed by atoms with Gasteiger partial charge in [-0.25, -0.2) is 9.98 Å². The highest BCUT2D eigenvalue weighted by atomic mass is 35.5. The minimum absolute atomic E-state index is 0.146. The van der Waals surface area contributed by atoms with Gasteiger partial charge in [0.2, 0.25) is 0 Å². The van der Waals surface area contributed by atoms with Gasteiger partial charge < -0.3 is 20.4 Å². The molecule has 0 spiro atoms. The van der Waals surface area contributed by atoms with Gasteiger partial charge in [-0.1, -0.05) is 34.8 Å². The number of amides is 1. The molecule has 0 bridgehead atoms. The number of carbonyl (C=O) groups is 1. The van der Waals surface area contributed by atoms with E-state index in [4.69, 9.17) is 44.9 Å². The molecular weight excluding hydrogens is 463 g/mol. The zero-order valence-electron chi connectivity index (χ0n) is 16.6. The second kappa shape index (κ2) is 10.00. The van der Waals surface area contributed by atoms with E-state index >= 15 is 0 Å². The summed E-state index contributed by atoms with van der Waals surface area (Å²) in [7, 11) is 1.54. The van der Waals surface area contributed by atoms with Gasteiger partial charge in [0.15, 0.2) is 0 Å². The van der Waals surface area contributed by atoms with Gasteiger partial charge in [-0.3, -0.25) is 10.2 Å². The maximum atomic E-state index is 12.6. The SMILES string of the molecule is COc1cc2nc(CCNC(=O)c3c(Cl)cc(N/C=N\C(C)=N)cc3Cl)[nH]c2cc1Cl. The van der Waals surface area contributed by atoms with Crippen LogP contribution in [-0.2, 0) is 6.42 Å². The highest BCUT2D eigenvalue weighted by molar-refractivity contribution is 6.40. The van der Waals surface area contributed by atoms with Crippen LogP contribution in [0.25, 0.3) is 11.0 Å². The number of aliphatic imine (C=N–C) groups is 1. The number of carbonyl (C=O) groups excluding carboxylic acids is 1. The van der Waals surface area contributed by atoms with Crippen molar-refractivity contribution in [3.05, 3.63) is 50.7 Å². The number of fused-ring (bicyclic) bond motifs is 1. The third kappa shape index (κ3) is 5.66. The number of ether oxygens (including phenoxy) is 1. The number of amidine groups is 1. The Bertz CT molecular complexity index is 1150. The van der Waals surface area contributed by atoms with Gasteiger partial charge >= 0.3 is 0 Å². The third-order valence-corrected chi connectivity index (χ3v) is 5.10. The molecule has 0 fully saturated rings. The van der Waals surface area contributed by atoms with Crippen LogP contribution in [0.1, 0.15) is 23.1 Å². The summed E-state index contributed by atoms with van der Waals surface area (Å²) in [6.45, 7) is 1.87. The van der Waals surface area contributed by atoms with Gasteiger partial charge in [0.1, 0.15) is 17.4 Å².